The van der Waals surface area contributed by atoms with Gasteiger partial charge < -0.3 is 0 Å². The number of hydrogen-bond donors (Lipinski definition) is 0. The first kappa shape index (κ1) is 27.5. The van der Waals surface area contributed by atoms with Crippen LogP contribution >= 0.6 is 0 Å². The number of methoxy groups -OCH3 is 1. The van der Waals surface area contributed by atoms with Gasteiger partial charge in [0.1, 0.15) is 0 Å². The third-order valence-electron chi connectivity index (χ3n) is 7.10. The topological polar surface area (TPSA) is 58.4 Å². The Kier molecular flexibility index (Phi) is 11.7. The van der Waals surface area contributed by atoms with Crippen molar-refractivity contribution >= 4 is 22.1 Å². The summed E-state index contributed by atoms with van der Waals surface area (Å²) in [5.41, 5.74) is 2.12. The van der Waals surface area contributed by atoms with Crippen LogP contribution in [-0.4, -0.2) is 53.7 Å². The quantitative estimate of drug-likeness (QED) is 0.174. The third kappa shape index (κ3) is 7.20. The number of pyridine rings is 1. The summed E-state index contributed by atoms with van der Waals surface area (Å²) in [5, 5.41) is 4.61. The van der Waals surface area contributed by atoms with E-state index < -0.39 is 18.4 Å². The van der Waals surface area contributed by atoms with Crippen molar-refractivity contribution in [2.24, 2.45) is 0 Å². The van der Waals surface area contributed by atoms with E-state index in [4.69, 9.17) is 19.2 Å². The number of unbranched alkanes of at least 4 members (excludes halogenated alkanes) is 3. The first-order chi connectivity index (χ1) is 16.7. The summed E-state index contributed by atoms with van der Waals surface area (Å²) in [4.78, 5) is 5.21. The fourth-order valence-corrected chi connectivity index (χ4v) is 20.9. The van der Waals surface area contributed by atoms with Crippen LogP contribution in [0.15, 0.2) is 24.7 Å². The number of hydrogen-bond acceptors (Lipinski definition) is 5. The molecule has 1 aliphatic rings. The summed E-state index contributed by atoms with van der Waals surface area (Å²) in [7, 11) is 1.69. The van der Waals surface area contributed by atoms with Gasteiger partial charge in [0.25, 0.3) is 0 Å². The molecule has 3 heterocycles. The first-order valence-electron chi connectivity index (χ1n) is 13.5. The Balaban J connectivity index is 1.97. The average Bonchev–Trinajstić information content (AvgIpc) is 3.38. The summed E-state index contributed by atoms with van der Waals surface area (Å²) < 4.78 is 24.8. The van der Waals surface area contributed by atoms with Gasteiger partial charge in [-0.3, -0.25) is 0 Å². The molecular weight excluding hydrogens is 533 g/mol. The predicted molar refractivity (Wildman–Crippen MR) is 141 cm³/mol. The van der Waals surface area contributed by atoms with Crippen molar-refractivity contribution in [3.05, 3.63) is 24.7 Å². The zero-order valence-electron chi connectivity index (χ0n) is 21.9. The van der Waals surface area contributed by atoms with Crippen molar-refractivity contribution in [3.63, 3.8) is 0 Å². The minimum atomic E-state index is -2.76. The van der Waals surface area contributed by atoms with E-state index in [-0.39, 0.29) is 13.0 Å². The van der Waals surface area contributed by atoms with Crippen LogP contribution in [0.5, 0.6) is 5.75 Å². The second kappa shape index (κ2) is 14.4. The zero-order valence-corrected chi connectivity index (χ0v) is 24.7. The van der Waals surface area contributed by atoms with E-state index in [2.05, 4.69) is 44.3 Å². The summed E-state index contributed by atoms with van der Waals surface area (Å²) in [5.74, 6) is 0.945. The second-order valence-electron chi connectivity index (χ2n) is 9.74. The van der Waals surface area contributed by atoms with E-state index in [1.807, 2.05) is 10.9 Å². The molecule has 1 aliphatic heterocycles. The standard InChI is InChI=1S/C15H18N3O3.3C4H9.Sn/c1-19-11-21-14-6-12(7-16-9-14)13-8-17-18(10-13)15-4-2-3-5-20-15;3*1-3-4-2;/h6-8,10,15H,2-5,11H2,1H3;3*1,3-4H2,2H3;. The Morgan fingerprint density at radius 2 is 1.71 bits per heavy atom. The molecule has 0 aliphatic carbocycles. The van der Waals surface area contributed by atoms with E-state index in [0.717, 1.165) is 36.3 Å². The van der Waals surface area contributed by atoms with Crippen molar-refractivity contribution in [2.45, 2.75) is 98.1 Å². The Morgan fingerprint density at radius 1 is 1.00 bits per heavy atom. The Labute approximate surface area is 210 Å². The van der Waals surface area contributed by atoms with Crippen LogP contribution in [-0.2, 0) is 9.47 Å². The average molecular weight is 578 g/mol. The van der Waals surface area contributed by atoms with Gasteiger partial charge in [-0.05, 0) is 0 Å². The van der Waals surface area contributed by atoms with E-state index in [0.29, 0.717) is 0 Å². The van der Waals surface area contributed by atoms with Crippen LogP contribution < -0.4 is 8.45 Å². The molecule has 6 nitrogen and oxygen atoms in total. The number of rotatable bonds is 15. The van der Waals surface area contributed by atoms with Crippen molar-refractivity contribution in [1.82, 2.24) is 14.8 Å². The fraction of sp³-hybridized carbons (Fsp3) is 0.704. The Hall–Kier alpha value is -1.12. The van der Waals surface area contributed by atoms with E-state index in [1.54, 1.807) is 7.11 Å². The van der Waals surface area contributed by atoms with Crippen molar-refractivity contribution in [3.8, 4) is 16.9 Å². The molecule has 0 saturated carbocycles. The second-order valence-corrected chi connectivity index (χ2v) is 22.7. The predicted octanol–water partition coefficient (Wildman–Crippen LogP) is 6.68. The van der Waals surface area contributed by atoms with Gasteiger partial charge in [-0.15, -0.1) is 0 Å². The summed E-state index contributed by atoms with van der Waals surface area (Å²) in [6.45, 7) is 7.99. The molecule has 0 bridgehead atoms. The zero-order chi connectivity index (χ0) is 24.2. The summed E-state index contributed by atoms with van der Waals surface area (Å²) in [6.07, 6.45) is 17.1. The molecule has 3 rings (SSSR count). The van der Waals surface area contributed by atoms with Gasteiger partial charge in [0.05, 0.1) is 0 Å². The molecule has 34 heavy (non-hydrogen) atoms. The van der Waals surface area contributed by atoms with Gasteiger partial charge in [-0.1, -0.05) is 0 Å². The molecule has 1 atom stereocenters. The van der Waals surface area contributed by atoms with Crippen molar-refractivity contribution < 1.29 is 14.2 Å². The molecular formula is C27H45N3O3Sn. The normalized spacial score (nSPS) is 16.6. The Morgan fingerprint density at radius 3 is 2.29 bits per heavy atom. The number of ether oxygens (including phenoxy) is 3. The summed E-state index contributed by atoms with van der Waals surface area (Å²) in [6, 6.07) is 2.19. The molecule has 1 saturated heterocycles. The van der Waals surface area contributed by atoms with Crippen LogP contribution in [0.25, 0.3) is 11.1 Å². The van der Waals surface area contributed by atoms with Crippen LogP contribution in [0.2, 0.25) is 13.3 Å². The third-order valence-corrected chi connectivity index (χ3v) is 22.3. The molecule has 1 unspecified atom stereocenters. The van der Waals surface area contributed by atoms with Gasteiger partial charge in [0.2, 0.25) is 0 Å². The van der Waals surface area contributed by atoms with Crippen LogP contribution in [0.3, 0.4) is 0 Å². The van der Waals surface area contributed by atoms with Crippen molar-refractivity contribution in [1.29, 1.82) is 0 Å². The Bertz CT molecular complexity index is 830. The van der Waals surface area contributed by atoms with Gasteiger partial charge in [0, 0.05) is 0 Å². The first-order valence-corrected chi connectivity index (χ1v) is 20.9. The monoisotopic (exact) mass is 579 g/mol. The van der Waals surface area contributed by atoms with Gasteiger partial charge in [-0.2, -0.15) is 0 Å². The molecule has 190 valence electrons. The number of aromatic nitrogens is 3. The van der Waals surface area contributed by atoms with E-state index in [9.17, 15) is 0 Å². The molecule has 0 spiro atoms. The summed E-state index contributed by atoms with van der Waals surface area (Å²) >= 11 is -2.76. The maximum atomic E-state index is 6.23. The molecule has 0 amide bonds. The van der Waals surface area contributed by atoms with Gasteiger partial charge >= 0.3 is 211 Å². The molecule has 2 aromatic heterocycles. The number of nitrogens with zero attached hydrogens (tertiary/aromatic N) is 3. The molecule has 2 aromatic rings. The fourth-order valence-electron chi connectivity index (χ4n) is 5.09. The van der Waals surface area contributed by atoms with Crippen LogP contribution in [0.1, 0.15) is 84.8 Å². The minimum absolute atomic E-state index is 0.0416. The maximum absolute atomic E-state index is 6.23. The van der Waals surface area contributed by atoms with Gasteiger partial charge in [0.15, 0.2) is 0 Å². The van der Waals surface area contributed by atoms with E-state index >= 15 is 0 Å². The van der Waals surface area contributed by atoms with Crippen LogP contribution in [0.4, 0.5) is 0 Å². The SMILES string of the molecule is CCC[CH2][Sn]([CH2]CCC)([CH2]CCC)[c]1ncc(-c2cnn(C3CCCCO3)c2)cc1OCOC. The van der Waals surface area contributed by atoms with Crippen LogP contribution in [0, 0.1) is 0 Å². The molecule has 0 N–H and O–H groups in total. The molecule has 0 radical (unpaired) electrons. The molecule has 0 aromatic carbocycles. The van der Waals surface area contributed by atoms with Crippen molar-refractivity contribution in [2.75, 3.05) is 20.5 Å². The van der Waals surface area contributed by atoms with E-state index in [1.165, 1.54) is 62.0 Å². The molecule has 1 fully saturated rings. The molecule has 7 heteroatoms. The van der Waals surface area contributed by atoms with Gasteiger partial charge in [-0.25, -0.2) is 0 Å².